The van der Waals surface area contributed by atoms with Crippen molar-refractivity contribution in [2.24, 2.45) is 0 Å². The van der Waals surface area contributed by atoms with Gasteiger partial charge in [-0.15, -0.1) is 0 Å². The minimum absolute atomic E-state index is 0.670. The summed E-state index contributed by atoms with van der Waals surface area (Å²) in [5.41, 5.74) is 2.99. The first-order chi connectivity index (χ1) is 9.72. The molecule has 0 spiro atoms. The second kappa shape index (κ2) is 4.73. The number of hydrogen-bond donors (Lipinski definition) is 0. The average Bonchev–Trinajstić information content (AvgIpc) is 3.30. The fourth-order valence-electron chi connectivity index (χ4n) is 3.80. The van der Waals surface area contributed by atoms with Gasteiger partial charge in [-0.05, 0) is 56.6 Å². The molecule has 3 nitrogen and oxygen atoms in total. The van der Waals surface area contributed by atoms with E-state index in [4.69, 9.17) is 4.98 Å². The van der Waals surface area contributed by atoms with E-state index in [9.17, 15) is 0 Å². The van der Waals surface area contributed by atoms with Crippen molar-refractivity contribution in [3.05, 3.63) is 23.4 Å². The summed E-state index contributed by atoms with van der Waals surface area (Å²) in [4.78, 5) is 10.0. The van der Waals surface area contributed by atoms with Gasteiger partial charge in [0.2, 0.25) is 0 Å². The molecule has 0 unspecified atom stereocenters. The van der Waals surface area contributed by atoms with Gasteiger partial charge in [0.15, 0.2) is 0 Å². The predicted molar refractivity (Wildman–Crippen MR) is 82.4 cm³/mol. The molecule has 1 aromatic heterocycles. The molecule has 1 aliphatic carbocycles. The van der Waals surface area contributed by atoms with Crippen LogP contribution in [-0.2, 0) is 6.42 Å². The van der Waals surface area contributed by atoms with Gasteiger partial charge in [-0.3, -0.25) is 4.90 Å². The topological polar surface area (TPSA) is 19.4 Å². The Morgan fingerprint density at radius 3 is 2.80 bits per heavy atom. The fourth-order valence-corrected chi connectivity index (χ4v) is 3.80. The zero-order chi connectivity index (χ0) is 13.7. The number of pyridine rings is 1. The third-order valence-corrected chi connectivity index (χ3v) is 5.28. The molecule has 0 amide bonds. The maximum Gasteiger partial charge on any atom is 0.132 e. The highest BCUT2D eigenvalue weighted by Gasteiger charge is 2.34. The van der Waals surface area contributed by atoms with Gasteiger partial charge in [-0.1, -0.05) is 6.07 Å². The molecule has 0 radical (unpaired) electrons. The molecule has 1 saturated heterocycles. The van der Waals surface area contributed by atoms with Crippen molar-refractivity contribution in [3.63, 3.8) is 0 Å². The monoisotopic (exact) mass is 271 g/mol. The molecule has 108 valence electrons. The summed E-state index contributed by atoms with van der Waals surface area (Å²) in [6, 6.07) is 3.80. The quantitative estimate of drug-likeness (QED) is 0.824. The first kappa shape index (κ1) is 12.6. The van der Waals surface area contributed by atoms with E-state index in [2.05, 4.69) is 35.9 Å². The van der Waals surface area contributed by atoms with Gasteiger partial charge in [0.05, 0.1) is 0 Å². The summed E-state index contributed by atoms with van der Waals surface area (Å²) in [5.74, 6) is 2.11. The van der Waals surface area contributed by atoms with Crippen LogP contribution in [0.5, 0.6) is 0 Å². The average molecular weight is 271 g/mol. The molecule has 1 saturated carbocycles. The number of anilines is 1. The van der Waals surface area contributed by atoms with Crippen LogP contribution in [0.3, 0.4) is 0 Å². The molecule has 0 bridgehead atoms. The van der Waals surface area contributed by atoms with Crippen molar-refractivity contribution in [2.45, 2.75) is 57.5 Å². The van der Waals surface area contributed by atoms with Gasteiger partial charge in [0.25, 0.3) is 0 Å². The normalized spacial score (nSPS) is 26.6. The van der Waals surface area contributed by atoms with Crippen LogP contribution in [-0.4, -0.2) is 41.6 Å². The lowest BCUT2D eigenvalue weighted by atomic mass is 9.94. The first-order valence-corrected chi connectivity index (χ1v) is 8.22. The molecule has 2 aliphatic heterocycles. The number of aryl methyl sites for hydroxylation is 1. The number of piperazine rings is 1. The highest BCUT2D eigenvalue weighted by molar-refractivity contribution is 5.52. The Labute approximate surface area is 122 Å². The van der Waals surface area contributed by atoms with E-state index in [1.807, 2.05) is 0 Å². The number of fused-ring (bicyclic) bond motifs is 3. The van der Waals surface area contributed by atoms with E-state index in [1.165, 1.54) is 55.7 Å². The number of nitrogens with zero attached hydrogens (tertiary/aromatic N) is 3. The summed E-state index contributed by atoms with van der Waals surface area (Å²) < 4.78 is 0. The highest BCUT2D eigenvalue weighted by atomic mass is 15.3. The molecule has 0 N–H and O–H groups in total. The van der Waals surface area contributed by atoms with E-state index in [1.54, 1.807) is 0 Å². The van der Waals surface area contributed by atoms with Crippen LogP contribution >= 0.6 is 0 Å². The predicted octanol–water partition coefficient (Wildman–Crippen LogP) is 2.80. The van der Waals surface area contributed by atoms with Crippen molar-refractivity contribution in [2.75, 3.05) is 24.5 Å². The Balaban J connectivity index is 1.58. The molecular formula is C17H25N3. The van der Waals surface area contributed by atoms with Crippen LogP contribution in [0.1, 0.15) is 50.2 Å². The molecule has 1 aromatic rings. The van der Waals surface area contributed by atoms with Crippen molar-refractivity contribution in [3.8, 4) is 0 Å². The van der Waals surface area contributed by atoms with E-state index >= 15 is 0 Å². The summed E-state index contributed by atoms with van der Waals surface area (Å²) in [5, 5.41) is 0. The molecule has 0 aromatic carbocycles. The summed E-state index contributed by atoms with van der Waals surface area (Å²) >= 11 is 0. The zero-order valence-corrected chi connectivity index (χ0v) is 12.7. The highest BCUT2D eigenvalue weighted by Crippen LogP contribution is 2.42. The second-order valence-electron chi connectivity index (χ2n) is 7.00. The second-order valence-corrected chi connectivity index (χ2v) is 7.00. The van der Waals surface area contributed by atoms with E-state index < -0.39 is 0 Å². The third-order valence-electron chi connectivity index (χ3n) is 5.28. The number of hydrogen-bond acceptors (Lipinski definition) is 3. The van der Waals surface area contributed by atoms with Gasteiger partial charge >= 0.3 is 0 Å². The van der Waals surface area contributed by atoms with Crippen LogP contribution in [0.15, 0.2) is 12.3 Å². The van der Waals surface area contributed by atoms with Crippen molar-refractivity contribution >= 4 is 5.82 Å². The Hall–Kier alpha value is -1.09. The third kappa shape index (κ3) is 2.12. The largest absolute Gasteiger partial charge is 0.351 e. The van der Waals surface area contributed by atoms with Crippen LogP contribution in [0.25, 0.3) is 0 Å². The van der Waals surface area contributed by atoms with Gasteiger partial charge < -0.3 is 4.90 Å². The van der Waals surface area contributed by atoms with E-state index in [0.717, 1.165) is 12.5 Å². The molecule has 3 heteroatoms. The molecular weight excluding hydrogens is 246 g/mol. The SMILES string of the molecule is CC(C)N1CCN2c3ncc(C4CC4)cc3CC[C@H]2C1. The minimum atomic E-state index is 0.670. The van der Waals surface area contributed by atoms with Crippen LogP contribution in [0, 0.1) is 0 Å². The van der Waals surface area contributed by atoms with E-state index in [0.29, 0.717) is 12.1 Å². The van der Waals surface area contributed by atoms with E-state index in [-0.39, 0.29) is 0 Å². The standard InChI is InChI=1S/C17H25N3/c1-12(2)19-7-8-20-16(11-19)6-5-14-9-15(13-3-4-13)10-18-17(14)20/h9-10,12-13,16H,3-8,11H2,1-2H3/t16-/m0/s1. The van der Waals surface area contributed by atoms with Gasteiger partial charge in [-0.25, -0.2) is 4.98 Å². The number of aromatic nitrogens is 1. The van der Waals surface area contributed by atoms with Crippen LogP contribution in [0.4, 0.5) is 5.82 Å². The molecule has 3 aliphatic rings. The lowest BCUT2D eigenvalue weighted by molar-refractivity contribution is 0.174. The Kier molecular flexibility index (Phi) is 2.99. The first-order valence-electron chi connectivity index (χ1n) is 8.22. The summed E-state index contributed by atoms with van der Waals surface area (Å²) in [7, 11) is 0. The maximum atomic E-state index is 4.84. The van der Waals surface area contributed by atoms with Gasteiger partial charge in [0, 0.05) is 37.9 Å². The minimum Gasteiger partial charge on any atom is -0.351 e. The Morgan fingerprint density at radius 1 is 1.20 bits per heavy atom. The molecule has 4 rings (SSSR count). The summed E-state index contributed by atoms with van der Waals surface area (Å²) in [6.45, 7) is 8.16. The molecule has 20 heavy (non-hydrogen) atoms. The van der Waals surface area contributed by atoms with Crippen molar-refractivity contribution in [1.82, 2.24) is 9.88 Å². The van der Waals surface area contributed by atoms with Crippen molar-refractivity contribution in [1.29, 1.82) is 0 Å². The fraction of sp³-hybridized carbons (Fsp3) is 0.706. The Bertz CT molecular complexity index is 507. The summed E-state index contributed by atoms with van der Waals surface area (Å²) in [6.07, 6.45) is 7.40. The molecule has 2 fully saturated rings. The molecule has 1 atom stereocenters. The Morgan fingerprint density at radius 2 is 2.05 bits per heavy atom. The van der Waals surface area contributed by atoms with Gasteiger partial charge in [0.1, 0.15) is 5.82 Å². The molecule has 3 heterocycles. The number of rotatable bonds is 2. The van der Waals surface area contributed by atoms with Crippen LogP contribution in [0.2, 0.25) is 0 Å². The zero-order valence-electron chi connectivity index (χ0n) is 12.7. The smallest absolute Gasteiger partial charge is 0.132 e. The lowest BCUT2D eigenvalue weighted by Crippen LogP contribution is -2.56. The van der Waals surface area contributed by atoms with Crippen molar-refractivity contribution < 1.29 is 0 Å². The van der Waals surface area contributed by atoms with Crippen LogP contribution < -0.4 is 4.90 Å². The van der Waals surface area contributed by atoms with Gasteiger partial charge in [-0.2, -0.15) is 0 Å². The lowest BCUT2D eigenvalue weighted by Gasteiger charge is -2.46. The maximum absolute atomic E-state index is 4.84.